The van der Waals surface area contributed by atoms with Gasteiger partial charge in [-0.15, -0.1) is 0 Å². The minimum absolute atomic E-state index is 0.216. The molecule has 1 aromatic rings. The summed E-state index contributed by atoms with van der Waals surface area (Å²) in [4.78, 5) is 6.85. The van der Waals surface area contributed by atoms with Crippen LogP contribution in [0.2, 0.25) is 0 Å². The number of amidine groups is 1. The van der Waals surface area contributed by atoms with Gasteiger partial charge in [0.05, 0.1) is 5.11 Å². The molecule has 0 aliphatic carbocycles. The van der Waals surface area contributed by atoms with Crippen LogP contribution in [0, 0.1) is 0 Å². The van der Waals surface area contributed by atoms with Gasteiger partial charge in [-0.2, -0.15) is 0 Å². The van der Waals surface area contributed by atoms with Crippen molar-refractivity contribution < 1.29 is 4.79 Å². The van der Waals surface area contributed by atoms with Crippen molar-refractivity contribution in [3.05, 3.63) is 29.4 Å². The second-order valence-electron chi connectivity index (χ2n) is 2.00. The fourth-order valence-electron chi connectivity index (χ4n) is 0.874. The number of fused-ring (bicyclic) bond motifs is 1. The van der Waals surface area contributed by atoms with Gasteiger partial charge in [0, 0.05) is 6.20 Å². The summed E-state index contributed by atoms with van der Waals surface area (Å²) in [5, 5.41) is 7.26. The van der Waals surface area contributed by atoms with Gasteiger partial charge in [-0.1, -0.05) is 0 Å². The zero-order chi connectivity index (χ0) is 7.68. The van der Waals surface area contributed by atoms with Crippen LogP contribution >= 0.6 is 0 Å². The Morgan fingerprint density at radius 1 is 1.36 bits per heavy atom. The summed E-state index contributed by atoms with van der Waals surface area (Å²) in [6.07, 6.45) is 1.61. The van der Waals surface area contributed by atoms with Crippen LogP contribution in [0.3, 0.4) is 0 Å². The van der Waals surface area contributed by atoms with Gasteiger partial charge in [-0.25, -0.2) is 4.98 Å². The number of rotatable bonds is 0. The fourth-order valence-corrected chi connectivity index (χ4v) is 0.874. The van der Waals surface area contributed by atoms with Gasteiger partial charge in [-0.3, -0.25) is 0 Å². The summed E-state index contributed by atoms with van der Waals surface area (Å²) in [6, 6.07) is 3.48. The fraction of sp³-hybridized carbons (Fsp3) is 0. The molecule has 0 saturated heterocycles. The molecule has 2 rings (SSSR count). The third kappa shape index (κ3) is 0.754. The average Bonchev–Trinajstić information content (AvgIpc) is 2.47. The van der Waals surface area contributed by atoms with Crippen molar-refractivity contribution in [2.45, 2.75) is 0 Å². The molecule has 0 N–H and O–H groups in total. The van der Waals surface area contributed by atoms with E-state index in [2.05, 4.69) is 20.0 Å². The zero-order valence-electron chi connectivity index (χ0n) is 5.47. The van der Waals surface area contributed by atoms with Crippen LogP contribution in [0.25, 0.3) is 5.53 Å². The van der Waals surface area contributed by atoms with Crippen LogP contribution in [-0.2, 0) is 0 Å². The third-order valence-electron chi connectivity index (χ3n) is 1.36. The molecule has 0 fully saturated rings. The molecule has 0 unspecified atom stereocenters. The average molecular weight is 145 g/mol. The van der Waals surface area contributed by atoms with Crippen molar-refractivity contribution in [2.24, 2.45) is 10.2 Å². The Morgan fingerprint density at radius 2 is 2.27 bits per heavy atom. The maximum absolute atomic E-state index is 8.42. The van der Waals surface area contributed by atoms with E-state index >= 15 is 0 Å². The maximum Gasteiger partial charge on any atom is 0.437 e. The third-order valence-corrected chi connectivity index (χ3v) is 1.36. The van der Waals surface area contributed by atoms with Crippen molar-refractivity contribution in [1.29, 1.82) is 0 Å². The topological polar surface area (TPSA) is 74.0 Å². The van der Waals surface area contributed by atoms with Crippen molar-refractivity contribution in [1.82, 2.24) is 4.98 Å². The Morgan fingerprint density at radius 3 is 3.09 bits per heavy atom. The molecular weight excluding hydrogens is 142 g/mol. The summed E-state index contributed by atoms with van der Waals surface area (Å²) in [5.74, 6) is 0.716. The Kier molecular flexibility index (Phi) is 1.11. The van der Waals surface area contributed by atoms with Crippen molar-refractivity contribution in [3.8, 4) is 0 Å². The molecule has 0 aromatic carbocycles. The van der Waals surface area contributed by atoms with Gasteiger partial charge in [0.1, 0.15) is 5.56 Å². The van der Waals surface area contributed by atoms with Crippen molar-refractivity contribution >= 4 is 11.7 Å². The van der Waals surface area contributed by atoms with E-state index in [0.717, 1.165) is 0 Å². The summed E-state index contributed by atoms with van der Waals surface area (Å²) in [5.41, 5.74) is 9.08. The molecular formula is C6H3N5. The van der Waals surface area contributed by atoms with Gasteiger partial charge in [-0.05, 0) is 17.2 Å². The van der Waals surface area contributed by atoms with Gasteiger partial charge in [0.15, 0.2) is 0 Å². The largest absolute Gasteiger partial charge is 0.497 e. The molecule has 5 heteroatoms. The van der Waals surface area contributed by atoms with E-state index in [1.807, 2.05) is 0 Å². The Balaban J connectivity index is 2.72. The first-order chi connectivity index (χ1) is 5.42. The molecule has 1 aromatic heterocycles. The first-order valence-electron chi connectivity index (χ1n) is 3.01. The quantitative estimate of drug-likeness (QED) is 0.398. The Labute approximate surface area is 62.0 Å². The lowest BCUT2D eigenvalue weighted by molar-refractivity contribution is -0.00546. The SMILES string of the molecule is [N-]=[N+]=C1N=Nc2ncccc21. The predicted molar refractivity (Wildman–Crippen MR) is 36.5 cm³/mol. The molecule has 0 atom stereocenters. The molecule has 52 valence electrons. The first-order valence-corrected chi connectivity index (χ1v) is 3.01. The lowest BCUT2D eigenvalue weighted by atomic mass is 10.2. The standard InChI is InChI=1S/C6H3N5/c7-9-6-4-2-1-3-8-5(4)10-11-6/h1-3H. The van der Waals surface area contributed by atoms with Gasteiger partial charge >= 0.3 is 5.84 Å². The number of nitrogens with zero attached hydrogens (tertiary/aromatic N) is 5. The Hall–Kier alpha value is -1.87. The second kappa shape index (κ2) is 2.07. The molecule has 0 amide bonds. The molecule has 2 heterocycles. The van der Waals surface area contributed by atoms with Gasteiger partial charge in [0.25, 0.3) is 0 Å². The van der Waals surface area contributed by atoms with Crippen molar-refractivity contribution in [3.63, 3.8) is 0 Å². The first kappa shape index (κ1) is 5.88. The second-order valence-corrected chi connectivity index (χ2v) is 2.00. The Bertz CT molecular complexity index is 374. The highest BCUT2D eigenvalue weighted by Crippen LogP contribution is 2.21. The van der Waals surface area contributed by atoms with E-state index in [-0.39, 0.29) is 5.84 Å². The maximum atomic E-state index is 8.42. The van der Waals surface area contributed by atoms with Crippen molar-refractivity contribution in [2.75, 3.05) is 0 Å². The van der Waals surface area contributed by atoms with Crippen LogP contribution in [0.4, 0.5) is 5.82 Å². The molecule has 0 bridgehead atoms. The summed E-state index contributed by atoms with van der Waals surface area (Å²) >= 11 is 0. The monoisotopic (exact) mass is 145 g/mol. The van der Waals surface area contributed by atoms with Gasteiger partial charge < -0.3 is 10.3 Å². The minimum atomic E-state index is 0.216. The number of azo groups is 1. The van der Waals surface area contributed by atoms with E-state index < -0.39 is 0 Å². The lowest BCUT2D eigenvalue weighted by Gasteiger charge is -1.84. The minimum Gasteiger partial charge on any atom is -0.497 e. The molecule has 0 radical (unpaired) electrons. The molecule has 11 heavy (non-hydrogen) atoms. The lowest BCUT2D eigenvalue weighted by Crippen LogP contribution is -1.92. The van der Waals surface area contributed by atoms with E-state index in [0.29, 0.717) is 11.4 Å². The number of pyridine rings is 1. The van der Waals surface area contributed by atoms with E-state index in [4.69, 9.17) is 5.53 Å². The van der Waals surface area contributed by atoms with Crippen LogP contribution < -0.4 is 0 Å². The van der Waals surface area contributed by atoms with Crippen LogP contribution in [0.5, 0.6) is 0 Å². The molecule has 1 aliphatic rings. The molecule has 1 aliphatic heterocycles. The molecule has 5 nitrogen and oxygen atoms in total. The highest BCUT2D eigenvalue weighted by molar-refractivity contribution is 6.00. The zero-order valence-corrected chi connectivity index (χ0v) is 5.47. The highest BCUT2D eigenvalue weighted by atomic mass is 15.2. The smallest absolute Gasteiger partial charge is 0.437 e. The normalized spacial score (nSPS) is 12.9. The predicted octanol–water partition coefficient (Wildman–Crippen LogP) is 1.16. The summed E-state index contributed by atoms with van der Waals surface area (Å²) in [7, 11) is 0. The van der Waals surface area contributed by atoms with E-state index in [9.17, 15) is 0 Å². The molecule has 0 saturated carbocycles. The van der Waals surface area contributed by atoms with Crippen LogP contribution in [0.15, 0.2) is 28.6 Å². The van der Waals surface area contributed by atoms with Crippen LogP contribution in [0.1, 0.15) is 5.56 Å². The van der Waals surface area contributed by atoms with E-state index in [1.165, 1.54) is 0 Å². The number of aromatic nitrogens is 1. The van der Waals surface area contributed by atoms with E-state index in [1.54, 1.807) is 18.3 Å². The summed E-state index contributed by atoms with van der Waals surface area (Å²) < 4.78 is 0. The van der Waals surface area contributed by atoms with Gasteiger partial charge in [0.2, 0.25) is 5.82 Å². The summed E-state index contributed by atoms with van der Waals surface area (Å²) in [6.45, 7) is 0. The molecule has 0 spiro atoms. The number of hydrogen-bond acceptors (Lipinski definition) is 2. The van der Waals surface area contributed by atoms with Crippen LogP contribution in [-0.4, -0.2) is 15.6 Å². The number of hydrogen-bond donors (Lipinski definition) is 0. The highest BCUT2D eigenvalue weighted by Gasteiger charge is 2.24.